The first-order chi connectivity index (χ1) is 4.36. The Morgan fingerprint density at radius 1 is 1.89 bits per heavy atom. The molecule has 0 aliphatic carbocycles. The van der Waals surface area contributed by atoms with Crippen LogP contribution in [0.25, 0.3) is 0 Å². The van der Waals surface area contributed by atoms with Crippen LogP contribution in [0, 0.1) is 11.3 Å². The minimum absolute atomic E-state index is 0.0851. The van der Waals surface area contributed by atoms with Crippen LogP contribution in [0.5, 0.6) is 0 Å². The Balaban J connectivity index is 2.90. The van der Waals surface area contributed by atoms with Gasteiger partial charge in [0.25, 0.3) is 0 Å². The molecule has 0 fully saturated rings. The first kappa shape index (κ1) is 6.20. The Morgan fingerprint density at radius 2 is 2.67 bits per heavy atom. The zero-order valence-electron chi connectivity index (χ0n) is 4.53. The average Bonchev–Trinajstić information content (AvgIpc) is 2.34. The van der Waals surface area contributed by atoms with Gasteiger partial charge < -0.3 is 5.11 Å². The highest BCUT2D eigenvalue weighted by Crippen LogP contribution is 2.06. The SMILES string of the molecule is N#Cc1nc(CO)cs1. The minimum atomic E-state index is -0.0851. The largest absolute Gasteiger partial charge is 0.390 e. The van der Waals surface area contributed by atoms with Crippen molar-refractivity contribution in [3.8, 4) is 6.07 Å². The molecule has 0 saturated carbocycles. The average molecular weight is 140 g/mol. The van der Waals surface area contributed by atoms with E-state index in [0.717, 1.165) is 0 Å². The summed E-state index contributed by atoms with van der Waals surface area (Å²) >= 11 is 1.24. The minimum Gasteiger partial charge on any atom is -0.390 e. The highest BCUT2D eigenvalue weighted by Gasteiger charge is 1.96. The molecule has 1 N–H and O–H groups in total. The molecule has 1 rings (SSSR count). The highest BCUT2D eigenvalue weighted by atomic mass is 32.1. The van der Waals surface area contributed by atoms with E-state index in [1.165, 1.54) is 11.3 Å². The Morgan fingerprint density at radius 3 is 3.00 bits per heavy atom. The fraction of sp³-hybridized carbons (Fsp3) is 0.200. The van der Waals surface area contributed by atoms with Crippen LogP contribution in [0.4, 0.5) is 0 Å². The van der Waals surface area contributed by atoms with Crippen molar-refractivity contribution in [2.75, 3.05) is 0 Å². The number of thiazole rings is 1. The number of aliphatic hydroxyl groups excluding tert-OH is 1. The number of aromatic nitrogens is 1. The zero-order chi connectivity index (χ0) is 6.69. The molecule has 0 radical (unpaired) electrons. The molecule has 4 heteroatoms. The summed E-state index contributed by atoms with van der Waals surface area (Å²) in [5.74, 6) is 0. The van der Waals surface area contributed by atoms with Gasteiger partial charge in [-0.1, -0.05) is 0 Å². The Labute approximate surface area is 56.2 Å². The Hall–Kier alpha value is -0.920. The summed E-state index contributed by atoms with van der Waals surface area (Å²) < 4.78 is 0. The molecule has 1 heterocycles. The smallest absolute Gasteiger partial charge is 0.194 e. The molecule has 0 saturated heterocycles. The van der Waals surface area contributed by atoms with Crippen LogP contribution in [0.1, 0.15) is 10.7 Å². The van der Waals surface area contributed by atoms with E-state index in [4.69, 9.17) is 10.4 Å². The maximum atomic E-state index is 8.48. The molecule has 1 aromatic heterocycles. The molecular weight excluding hydrogens is 136 g/mol. The van der Waals surface area contributed by atoms with Gasteiger partial charge in [-0.25, -0.2) is 4.98 Å². The lowest BCUT2D eigenvalue weighted by Crippen LogP contribution is -1.80. The molecule has 0 aliphatic heterocycles. The van der Waals surface area contributed by atoms with Crippen LogP contribution in [0.15, 0.2) is 5.38 Å². The topological polar surface area (TPSA) is 56.9 Å². The van der Waals surface area contributed by atoms with Gasteiger partial charge in [-0.2, -0.15) is 5.26 Å². The third-order valence-corrected chi connectivity index (χ3v) is 1.61. The van der Waals surface area contributed by atoms with Crippen molar-refractivity contribution in [3.05, 3.63) is 16.1 Å². The number of hydrogen-bond acceptors (Lipinski definition) is 4. The van der Waals surface area contributed by atoms with Crippen LogP contribution in [-0.4, -0.2) is 10.1 Å². The van der Waals surface area contributed by atoms with E-state index >= 15 is 0 Å². The van der Waals surface area contributed by atoms with Gasteiger partial charge in [0.2, 0.25) is 0 Å². The molecule has 1 aromatic rings. The van der Waals surface area contributed by atoms with Gasteiger partial charge in [0.05, 0.1) is 12.3 Å². The molecule has 3 nitrogen and oxygen atoms in total. The molecule has 0 spiro atoms. The monoisotopic (exact) mass is 140 g/mol. The fourth-order valence-electron chi connectivity index (χ4n) is 0.431. The Bertz CT molecular complexity index is 237. The number of hydrogen-bond donors (Lipinski definition) is 1. The van der Waals surface area contributed by atoms with E-state index in [0.29, 0.717) is 10.7 Å². The van der Waals surface area contributed by atoms with Gasteiger partial charge in [-0.05, 0) is 0 Å². The first-order valence-electron chi connectivity index (χ1n) is 2.32. The van der Waals surface area contributed by atoms with Crippen molar-refractivity contribution in [3.63, 3.8) is 0 Å². The lowest BCUT2D eigenvalue weighted by molar-refractivity contribution is 0.277. The van der Waals surface area contributed by atoms with Gasteiger partial charge >= 0.3 is 0 Å². The summed E-state index contributed by atoms with van der Waals surface area (Å²) in [6, 6.07) is 1.88. The molecule has 0 bridgehead atoms. The van der Waals surface area contributed by atoms with Gasteiger partial charge in [0.15, 0.2) is 5.01 Å². The van der Waals surface area contributed by atoms with Crippen molar-refractivity contribution in [1.29, 1.82) is 5.26 Å². The highest BCUT2D eigenvalue weighted by molar-refractivity contribution is 7.10. The van der Waals surface area contributed by atoms with E-state index in [9.17, 15) is 0 Å². The lowest BCUT2D eigenvalue weighted by Gasteiger charge is -1.78. The van der Waals surface area contributed by atoms with E-state index in [-0.39, 0.29) is 6.61 Å². The zero-order valence-corrected chi connectivity index (χ0v) is 5.35. The van der Waals surface area contributed by atoms with E-state index in [2.05, 4.69) is 4.98 Å². The Kier molecular flexibility index (Phi) is 1.78. The summed E-state index contributed by atoms with van der Waals surface area (Å²) in [7, 11) is 0. The van der Waals surface area contributed by atoms with Crippen molar-refractivity contribution in [2.24, 2.45) is 0 Å². The van der Waals surface area contributed by atoms with Crippen LogP contribution in [0.2, 0.25) is 0 Å². The second kappa shape index (κ2) is 2.58. The molecule has 0 amide bonds. The maximum Gasteiger partial charge on any atom is 0.194 e. The maximum absolute atomic E-state index is 8.48. The number of nitrogens with zero attached hydrogens (tertiary/aromatic N) is 2. The normalized spacial score (nSPS) is 8.89. The van der Waals surface area contributed by atoms with Gasteiger partial charge in [0, 0.05) is 5.38 Å². The van der Waals surface area contributed by atoms with E-state index < -0.39 is 0 Å². The van der Waals surface area contributed by atoms with Crippen LogP contribution >= 0.6 is 11.3 Å². The van der Waals surface area contributed by atoms with Crippen LogP contribution < -0.4 is 0 Å². The van der Waals surface area contributed by atoms with Crippen molar-refractivity contribution in [1.82, 2.24) is 4.98 Å². The van der Waals surface area contributed by atoms with Gasteiger partial charge in [0.1, 0.15) is 6.07 Å². The number of aliphatic hydroxyl groups is 1. The van der Waals surface area contributed by atoms with Crippen molar-refractivity contribution in [2.45, 2.75) is 6.61 Å². The predicted octanol–water partition coefficient (Wildman–Crippen LogP) is 0.507. The van der Waals surface area contributed by atoms with Crippen LogP contribution in [0.3, 0.4) is 0 Å². The predicted molar refractivity (Wildman–Crippen MR) is 32.8 cm³/mol. The van der Waals surface area contributed by atoms with E-state index in [1.807, 2.05) is 6.07 Å². The number of nitriles is 1. The van der Waals surface area contributed by atoms with Gasteiger partial charge in [-0.3, -0.25) is 0 Å². The standard InChI is InChI=1S/C5H4N2OS/c6-1-5-7-4(2-8)3-9-5/h3,8H,2H2. The molecule has 0 unspecified atom stereocenters. The summed E-state index contributed by atoms with van der Waals surface area (Å²) in [6.07, 6.45) is 0. The summed E-state index contributed by atoms with van der Waals surface area (Å²) in [6.45, 7) is -0.0851. The number of rotatable bonds is 1. The third kappa shape index (κ3) is 1.25. The molecule has 46 valence electrons. The molecule has 0 atom stereocenters. The first-order valence-corrected chi connectivity index (χ1v) is 3.20. The lowest BCUT2D eigenvalue weighted by atomic mass is 10.5. The molecule has 0 aromatic carbocycles. The summed E-state index contributed by atoms with van der Waals surface area (Å²) in [4.78, 5) is 3.75. The second-order valence-corrected chi connectivity index (χ2v) is 2.27. The summed E-state index contributed by atoms with van der Waals surface area (Å²) in [5.41, 5.74) is 0.566. The molecule has 9 heavy (non-hydrogen) atoms. The van der Waals surface area contributed by atoms with Gasteiger partial charge in [-0.15, -0.1) is 11.3 Å². The van der Waals surface area contributed by atoms with Crippen molar-refractivity contribution < 1.29 is 5.11 Å². The summed E-state index contributed by atoms with van der Waals surface area (Å²) in [5, 5.41) is 18.8. The van der Waals surface area contributed by atoms with Crippen molar-refractivity contribution >= 4 is 11.3 Å². The molecule has 0 aliphatic rings. The van der Waals surface area contributed by atoms with Crippen LogP contribution in [-0.2, 0) is 6.61 Å². The third-order valence-electron chi connectivity index (χ3n) is 0.809. The second-order valence-electron chi connectivity index (χ2n) is 1.41. The molecular formula is C5H4N2OS. The van der Waals surface area contributed by atoms with E-state index in [1.54, 1.807) is 5.38 Å². The fourth-order valence-corrected chi connectivity index (χ4v) is 1.03. The quantitative estimate of drug-likeness (QED) is 0.618.